The number of benzene rings is 2. The third-order valence-electron chi connectivity index (χ3n) is 6.20. The minimum absolute atomic E-state index is 0.207. The Labute approximate surface area is 181 Å². The van der Waals surface area contributed by atoms with E-state index >= 15 is 0 Å². The van der Waals surface area contributed by atoms with Gasteiger partial charge >= 0.3 is 0 Å². The first-order valence-electron chi connectivity index (χ1n) is 10.8. The Balaban J connectivity index is 1.43. The number of rotatable bonds is 7. The van der Waals surface area contributed by atoms with Gasteiger partial charge in [0, 0.05) is 29.1 Å². The Bertz CT molecular complexity index is 1090. The van der Waals surface area contributed by atoms with Gasteiger partial charge in [-0.2, -0.15) is 0 Å². The number of nitrogens with two attached hydrogens (primary N) is 1. The summed E-state index contributed by atoms with van der Waals surface area (Å²) < 4.78 is 0. The first-order chi connectivity index (χ1) is 15.0. The molecular weight excluding hydrogens is 390 g/mol. The zero-order valence-corrected chi connectivity index (χ0v) is 17.4. The quantitative estimate of drug-likeness (QED) is 0.404. The normalized spacial score (nSPS) is 15.5. The second-order valence-corrected chi connectivity index (χ2v) is 8.28. The number of hydrogen-bond acceptors (Lipinski definition) is 3. The summed E-state index contributed by atoms with van der Waals surface area (Å²) in [4.78, 5) is 40.3. The number of hydrogen-bond donors (Lipinski definition) is 3. The van der Waals surface area contributed by atoms with Gasteiger partial charge in [-0.1, -0.05) is 61.7 Å². The molecule has 160 valence electrons. The fraction of sp³-hybridized carbons (Fsp3) is 0.320. The van der Waals surface area contributed by atoms with E-state index in [0.29, 0.717) is 11.5 Å². The van der Waals surface area contributed by atoms with Crippen LogP contribution in [0.25, 0.3) is 10.9 Å². The second kappa shape index (κ2) is 9.16. The van der Waals surface area contributed by atoms with E-state index in [9.17, 15) is 14.4 Å². The van der Waals surface area contributed by atoms with Crippen molar-refractivity contribution in [3.05, 3.63) is 71.4 Å². The number of para-hydroxylation sites is 1. The standard InChI is InChI=1S/C25H27N3O3/c26-24(30)22(14-19-15-27-21-9-5-4-8-20(19)21)28-25(31)23(29)18-12-10-17(11-13-18)16-6-2-1-3-7-16/h4-5,8-13,15-16,22,27H,1-3,6-7,14H2,(H2,26,30)(H,28,31)/t22-/m0/s1. The number of ketones is 1. The SMILES string of the molecule is NC(=O)[C@H](Cc1c[nH]c2ccccc12)NC(=O)C(=O)c1ccc(C2CCCCC2)cc1. The van der Waals surface area contributed by atoms with Crippen molar-refractivity contribution >= 4 is 28.5 Å². The molecule has 0 radical (unpaired) electrons. The van der Waals surface area contributed by atoms with Crippen molar-refractivity contribution in [2.24, 2.45) is 5.73 Å². The number of fused-ring (bicyclic) bond motifs is 1. The first kappa shape index (κ1) is 20.8. The van der Waals surface area contributed by atoms with Gasteiger partial charge in [0.05, 0.1) is 0 Å². The number of Topliss-reactive ketones (excluding diaryl/α,β-unsaturated/α-hetero) is 1. The molecule has 4 rings (SSSR count). The number of aromatic nitrogens is 1. The second-order valence-electron chi connectivity index (χ2n) is 8.28. The molecule has 0 unspecified atom stereocenters. The molecule has 1 aromatic heterocycles. The summed E-state index contributed by atoms with van der Waals surface area (Å²) in [5, 5.41) is 3.47. The number of carbonyl (C=O) groups is 3. The number of H-pyrrole nitrogens is 1. The highest BCUT2D eigenvalue weighted by atomic mass is 16.2. The van der Waals surface area contributed by atoms with E-state index in [2.05, 4.69) is 10.3 Å². The Morgan fingerprint density at radius 2 is 1.71 bits per heavy atom. The largest absolute Gasteiger partial charge is 0.368 e. The smallest absolute Gasteiger partial charge is 0.293 e. The van der Waals surface area contributed by atoms with Gasteiger partial charge in [0.2, 0.25) is 11.7 Å². The Morgan fingerprint density at radius 1 is 1.00 bits per heavy atom. The lowest BCUT2D eigenvalue weighted by Crippen LogP contribution is -2.48. The molecule has 6 heteroatoms. The average Bonchev–Trinajstić information content (AvgIpc) is 3.21. The molecule has 1 atom stereocenters. The van der Waals surface area contributed by atoms with E-state index in [1.807, 2.05) is 36.4 Å². The van der Waals surface area contributed by atoms with Crippen molar-refractivity contribution in [2.75, 3.05) is 0 Å². The van der Waals surface area contributed by atoms with Crippen molar-refractivity contribution in [1.82, 2.24) is 10.3 Å². The van der Waals surface area contributed by atoms with E-state index in [0.717, 1.165) is 16.5 Å². The van der Waals surface area contributed by atoms with Gasteiger partial charge in [-0.25, -0.2) is 0 Å². The molecule has 0 bridgehead atoms. The number of amides is 2. The van der Waals surface area contributed by atoms with Crippen LogP contribution in [0, 0.1) is 0 Å². The van der Waals surface area contributed by atoms with E-state index in [4.69, 9.17) is 5.73 Å². The molecule has 1 aliphatic carbocycles. The Hall–Kier alpha value is -3.41. The molecule has 2 aromatic carbocycles. The van der Waals surface area contributed by atoms with E-state index in [1.165, 1.54) is 37.7 Å². The summed E-state index contributed by atoms with van der Waals surface area (Å²) in [7, 11) is 0. The summed E-state index contributed by atoms with van der Waals surface area (Å²) in [6.07, 6.45) is 8.09. The minimum atomic E-state index is -0.975. The van der Waals surface area contributed by atoms with Crippen molar-refractivity contribution < 1.29 is 14.4 Å². The van der Waals surface area contributed by atoms with Gasteiger partial charge < -0.3 is 16.0 Å². The van der Waals surface area contributed by atoms with Crippen molar-refractivity contribution in [3.63, 3.8) is 0 Å². The molecule has 2 amide bonds. The molecule has 1 aliphatic rings. The monoisotopic (exact) mass is 417 g/mol. The van der Waals surface area contributed by atoms with Crippen LogP contribution in [-0.2, 0) is 16.0 Å². The topological polar surface area (TPSA) is 105 Å². The lowest BCUT2D eigenvalue weighted by molar-refractivity contribution is -0.125. The molecule has 6 nitrogen and oxygen atoms in total. The van der Waals surface area contributed by atoms with E-state index in [1.54, 1.807) is 18.3 Å². The van der Waals surface area contributed by atoms with E-state index in [-0.39, 0.29) is 6.42 Å². The number of primary amides is 1. The summed E-state index contributed by atoms with van der Waals surface area (Å²) in [5.74, 6) is -1.64. The van der Waals surface area contributed by atoms with Gasteiger partial charge in [0.25, 0.3) is 5.91 Å². The zero-order chi connectivity index (χ0) is 21.8. The summed E-state index contributed by atoms with van der Waals surface area (Å²) in [6.45, 7) is 0. The van der Waals surface area contributed by atoms with Gasteiger partial charge in [0.15, 0.2) is 0 Å². The van der Waals surface area contributed by atoms with Crippen LogP contribution in [0.1, 0.15) is 59.5 Å². The highest BCUT2D eigenvalue weighted by molar-refractivity contribution is 6.43. The predicted molar refractivity (Wildman–Crippen MR) is 120 cm³/mol. The molecule has 0 saturated heterocycles. The summed E-state index contributed by atoms with van der Waals surface area (Å²) in [6, 6.07) is 14.0. The molecule has 3 aromatic rings. The van der Waals surface area contributed by atoms with Crippen LogP contribution in [0.4, 0.5) is 0 Å². The highest BCUT2D eigenvalue weighted by Crippen LogP contribution is 2.32. The van der Waals surface area contributed by atoms with Crippen LogP contribution in [0.15, 0.2) is 54.7 Å². The van der Waals surface area contributed by atoms with Crippen molar-refractivity contribution in [3.8, 4) is 0 Å². The lowest BCUT2D eigenvalue weighted by atomic mass is 9.84. The van der Waals surface area contributed by atoms with Crippen LogP contribution in [0.5, 0.6) is 0 Å². The molecule has 1 saturated carbocycles. The minimum Gasteiger partial charge on any atom is -0.368 e. The molecular formula is C25H27N3O3. The maximum Gasteiger partial charge on any atom is 0.293 e. The Morgan fingerprint density at radius 3 is 2.42 bits per heavy atom. The van der Waals surface area contributed by atoms with Crippen LogP contribution < -0.4 is 11.1 Å². The van der Waals surface area contributed by atoms with Crippen LogP contribution in [-0.4, -0.2) is 28.6 Å². The van der Waals surface area contributed by atoms with E-state index < -0.39 is 23.6 Å². The van der Waals surface area contributed by atoms with Crippen LogP contribution in [0.3, 0.4) is 0 Å². The number of aromatic amines is 1. The predicted octanol–water partition coefficient (Wildman–Crippen LogP) is 3.61. The summed E-state index contributed by atoms with van der Waals surface area (Å²) in [5.41, 5.74) is 8.82. The fourth-order valence-corrected chi connectivity index (χ4v) is 4.44. The third kappa shape index (κ3) is 4.68. The lowest BCUT2D eigenvalue weighted by Gasteiger charge is -2.22. The zero-order valence-electron chi connectivity index (χ0n) is 17.4. The molecule has 31 heavy (non-hydrogen) atoms. The maximum absolute atomic E-state index is 12.6. The number of nitrogens with one attached hydrogen (secondary N) is 2. The van der Waals surface area contributed by atoms with Crippen LogP contribution >= 0.6 is 0 Å². The highest BCUT2D eigenvalue weighted by Gasteiger charge is 2.25. The molecule has 1 heterocycles. The average molecular weight is 418 g/mol. The van der Waals surface area contributed by atoms with Gasteiger partial charge in [-0.3, -0.25) is 14.4 Å². The van der Waals surface area contributed by atoms with Gasteiger partial charge in [-0.15, -0.1) is 0 Å². The van der Waals surface area contributed by atoms with Crippen molar-refractivity contribution in [1.29, 1.82) is 0 Å². The van der Waals surface area contributed by atoms with Gasteiger partial charge in [-0.05, 0) is 36.0 Å². The van der Waals surface area contributed by atoms with Crippen molar-refractivity contribution in [2.45, 2.75) is 50.5 Å². The Kier molecular flexibility index (Phi) is 6.16. The molecule has 1 fully saturated rings. The fourth-order valence-electron chi connectivity index (χ4n) is 4.44. The van der Waals surface area contributed by atoms with Crippen LogP contribution in [0.2, 0.25) is 0 Å². The molecule has 0 spiro atoms. The third-order valence-corrected chi connectivity index (χ3v) is 6.20. The maximum atomic E-state index is 12.6. The summed E-state index contributed by atoms with van der Waals surface area (Å²) >= 11 is 0. The number of carbonyl (C=O) groups excluding carboxylic acids is 3. The molecule has 4 N–H and O–H groups in total. The first-order valence-corrected chi connectivity index (χ1v) is 10.8. The van der Waals surface area contributed by atoms with Gasteiger partial charge in [0.1, 0.15) is 6.04 Å². The molecule has 0 aliphatic heterocycles.